The Bertz CT molecular complexity index is 333. The van der Waals surface area contributed by atoms with E-state index < -0.39 is 0 Å². The molecule has 0 spiro atoms. The number of aliphatic hydroxyl groups excluding tert-OH is 1. The maximum Gasteiger partial charge on any atom is 0.246 e. The third-order valence-electron chi connectivity index (χ3n) is 3.08. The fraction of sp³-hybridized carbons (Fsp3) is 0.800. The van der Waals surface area contributed by atoms with Crippen LogP contribution in [-0.2, 0) is 4.79 Å². The van der Waals surface area contributed by atoms with Gasteiger partial charge in [-0.15, -0.1) is 0 Å². The van der Waals surface area contributed by atoms with Crippen LogP contribution in [0.2, 0.25) is 0 Å². The van der Waals surface area contributed by atoms with Crippen molar-refractivity contribution in [2.24, 2.45) is 0 Å². The molecule has 2 N–H and O–H groups in total. The lowest BCUT2D eigenvalue weighted by Gasteiger charge is -2.34. The van der Waals surface area contributed by atoms with Gasteiger partial charge in [0.2, 0.25) is 5.91 Å². The molecule has 0 aromatic heterocycles. The number of nitrogens with one attached hydrogen (secondary N) is 1. The second kappa shape index (κ2) is 7.76. The Hall–Kier alpha value is -0.910. The first-order chi connectivity index (χ1) is 8.93. The summed E-state index contributed by atoms with van der Waals surface area (Å²) in [7, 11) is 10.5. The molecule has 1 amide bonds. The van der Waals surface area contributed by atoms with Crippen molar-refractivity contribution in [2.45, 2.75) is 19.4 Å². The van der Waals surface area contributed by atoms with Gasteiger partial charge in [-0.1, -0.05) is 6.58 Å². The van der Waals surface area contributed by atoms with Crippen LogP contribution in [0, 0.1) is 0 Å². The molecule has 0 aliphatic heterocycles. The Labute approximate surface area is 124 Å². The molecule has 0 aromatic rings. The predicted octanol–water partition coefficient (Wildman–Crippen LogP) is 0.212. The topological polar surface area (TPSA) is 49.3 Å². The Morgan fingerprint density at radius 1 is 1.20 bits per heavy atom. The van der Waals surface area contributed by atoms with Gasteiger partial charge in [-0.3, -0.25) is 4.79 Å². The molecule has 0 fully saturated rings. The number of hydrogen-bond acceptors (Lipinski definition) is 2. The zero-order chi connectivity index (χ0) is 16.0. The summed E-state index contributed by atoms with van der Waals surface area (Å²) in [6.07, 6.45) is 0.582. The first kappa shape index (κ1) is 19.1. The minimum atomic E-state index is -0.310. The molecule has 0 aliphatic carbocycles. The third-order valence-corrected chi connectivity index (χ3v) is 3.08. The number of rotatable bonds is 9. The van der Waals surface area contributed by atoms with Crippen molar-refractivity contribution < 1.29 is 18.9 Å². The van der Waals surface area contributed by atoms with Crippen LogP contribution < -0.4 is 5.32 Å². The van der Waals surface area contributed by atoms with Gasteiger partial charge in [0.25, 0.3) is 0 Å². The molecule has 5 heteroatoms. The first-order valence-corrected chi connectivity index (χ1v) is 7.17. The largest absolute Gasteiger partial charge is 0.382 e. The van der Waals surface area contributed by atoms with Gasteiger partial charge in [-0.25, -0.2) is 0 Å². The van der Waals surface area contributed by atoms with Crippen LogP contribution in [0.4, 0.5) is 0 Å². The van der Waals surface area contributed by atoms with Gasteiger partial charge >= 0.3 is 0 Å². The van der Waals surface area contributed by atoms with E-state index >= 15 is 0 Å². The SMILES string of the molecule is C=C(C)C(=O)NCCC[N+](C)(C)CC(O)C[N+](C)(C)C. The summed E-state index contributed by atoms with van der Waals surface area (Å²) in [5.41, 5.74) is 0.539. The summed E-state index contributed by atoms with van der Waals surface area (Å²) in [5.74, 6) is -0.0830. The zero-order valence-corrected chi connectivity index (χ0v) is 14.1. The van der Waals surface area contributed by atoms with E-state index in [1.807, 2.05) is 0 Å². The van der Waals surface area contributed by atoms with Gasteiger partial charge in [0.15, 0.2) is 6.10 Å². The summed E-state index contributed by atoms with van der Waals surface area (Å²) in [4.78, 5) is 11.3. The maximum atomic E-state index is 11.3. The van der Waals surface area contributed by atoms with Gasteiger partial charge in [0.1, 0.15) is 13.1 Å². The van der Waals surface area contributed by atoms with Crippen molar-refractivity contribution in [1.82, 2.24) is 5.32 Å². The van der Waals surface area contributed by atoms with Gasteiger partial charge in [-0.05, 0) is 6.92 Å². The van der Waals surface area contributed by atoms with Crippen molar-refractivity contribution in [3.8, 4) is 0 Å². The van der Waals surface area contributed by atoms with Crippen LogP contribution in [-0.4, -0.2) is 87.5 Å². The summed E-state index contributed by atoms with van der Waals surface area (Å²) in [6.45, 7) is 8.35. The average Bonchev–Trinajstić information content (AvgIpc) is 2.19. The summed E-state index contributed by atoms with van der Waals surface area (Å²) < 4.78 is 1.51. The number of carbonyl (C=O) groups is 1. The molecule has 0 aliphatic rings. The van der Waals surface area contributed by atoms with Crippen molar-refractivity contribution in [1.29, 1.82) is 0 Å². The van der Waals surface area contributed by atoms with Crippen LogP contribution in [0.3, 0.4) is 0 Å². The zero-order valence-electron chi connectivity index (χ0n) is 14.1. The van der Waals surface area contributed by atoms with Crippen LogP contribution >= 0.6 is 0 Å². The molecule has 0 bridgehead atoms. The Morgan fingerprint density at radius 2 is 1.75 bits per heavy atom. The quantitative estimate of drug-likeness (QED) is 0.362. The minimum Gasteiger partial charge on any atom is -0.382 e. The summed E-state index contributed by atoms with van der Waals surface area (Å²) in [5, 5.41) is 13.0. The molecule has 118 valence electrons. The van der Waals surface area contributed by atoms with Crippen LogP contribution in [0.5, 0.6) is 0 Å². The number of carbonyl (C=O) groups excluding carboxylic acids is 1. The van der Waals surface area contributed by atoms with E-state index in [9.17, 15) is 9.90 Å². The summed E-state index contributed by atoms with van der Waals surface area (Å²) >= 11 is 0. The van der Waals surface area contributed by atoms with Crippen molar-refractivity contribution in [3.05, 3.63) is 12.2 Å². The highest BCUT2D eigenvalue weighted by atomic mass is 16.3. The molecule has 1 atom stereocenters. The fourth-order valence-corrected chi connectivity index (χ4v) is 2.21. The van der Waals surface area contributed by atoms with E-state index in [0.717, 1.165) is 35.0 Å². The first-order valence-electron chi connectivity index (χ1n) is 7.17. The van der Waals surface area contributed by atoms with E-state index in [4.69, 9.17) is 0 Å². The second-order valence-corrected chi connectivity index (χ2v) is 7.36. The van der Waals surface area contributed by atoms with Crippen molar-refractivity contribution in [2.75, 3.05) is 61.4 Å². The third kappa shape index (κ3) is 9.95. The predicted molar refractivity (Wildman–Crippen MR) is 83.2 cm³/mol. The Balaban J connectivity index is 4.01. The van der Waals surface area contributed by atoms with E-state index in [2.05, 4.69) is 47.1 Å². The highest BCUT2D eigenvalue weighted by Gasteiger charge is 2.24. The smallest absolute Gasteiger partial charge is 0.246 e. The molecule has 0 rings (SSSR count). The van der Waals surface area contributed by atoms with Crippen LogP contribution in [0.15, 0.2) is 12.2 Å². The molecule has 20 heavy (non-hydrogen) atoms. The van der Waals surface area contributed by atoms with Crippen LogP contribution in [0.1, 0.15) is 13.3 Å². The van der Waals surface area contributed by atoms with Gasteiger partial charge in [0, 0.05) is 18.5 Å². The number of likely N-dealkylation sites (N-methyl/N-ethyl adjacent to an activating group) is 2. The molecule has 5 nitrogen and oxygen atoms in total. The Kier molecular flexibility index (Phi) is 7.41. The molecule has 0 saturated carbocycles. The number of amides is 1. The van der Waals surface area contributed by atoms with E-state index in [0.29, 0.717) is 12.1 Å². The molecular formula is C15H33N3O2+2. The maximum absolute atomic E-state index is 11.3. The van der Waals surface area contributed by atoms with Crippen molar-refractivity contribution >= 4 is 5.91 Å². The summed E-state index contributed by atoms with van der Waals surface area (Å²) in [6, 6.07) is 0. The highest BCUT2D eigenvalue weighted by molar-refractivity contribution is 5.91. The molecule has 0 aromatic carbocycles. The number of aliphatic hydroxyl groups is 1. The van der Waals surface area contributed by atoms with Gasteiger partial charge in [0.05, 0.1) is 41.8 Å². The van der Waals surface area contributed by atoms with E-state index in [1.165, 1.54) is 0 Å². The Morgan fingerprint density at radius 3 is 2.20 bits per heavy atom. The van der Waals surface area contributed by atoms with Crippen molar-refractivity contribution in [3.63, 3.8) is 0 Å². The monoisotopic (exact) mass is 287 g/mol. The average molecular weight is 287 g/mol. The lowest BCUT2D eigenvalue weighted by atomic mass is 10.2. The number of hydrogen-bond donors (Lipinski definition) is 2. The second-order valence-electron chi connectivity index (χ2n) is 7.36. The fourth-order valence-electron chi connectivity index (χ4n) is 2.21. The van der Waals surface area contributed by atoms with E-state index in [-0.39, 0.29) is 12.0 Å². The molecular weight excluding hydrogens is 254 g/mol. The van der Waals surface area contributed by atoms with Gasteiger partial charge in [-0.2, -0.15) is 0 Å². The number of quaternary nitrogens is 2. The van der Waals surface area contributed by atoms with E-state index in [1.54, 1.807) is 6.92 Å². The normalized spacial score (nSPS) is 13.9. The minimum absolute atomic E-state index is 0.0830. The number of nitrogens with zero attached hydrogens (tertiary/aromatic N) is 2. The highest BCUT2D eigenvalue weighted by Crippen LogP contribution is 2.04. The lowest BCUT2D eigenvalue weighted by molar-refractivity contribution is -0.907. The van der Waals surface area contributed by atoms with Crippen LogP contribution in [0.25, 0.3) is 0 Å². The van der Waals surface area contributed by atoms with Gasteiger partial charge < -0.3 is 19.4 Å². The molecule has 1 unspecified atom stereocenters. The molecule has 0 heterocycles. The standard InChI is InChI=1S/C15H32N3O2/c1-13(2)15(20)16-9-8-10-18(6,7)12-14(19)11-17(3,4)5/h14,19H,1,8-12H2,2-7H3/q+1/p+1. The molecule has 0 radical (unpaired) electrons. The lowest BCUT2D eigenvalue weighted by Crippen LogP contribution is -2.51. The molecule has 0 saturated heterocycles.